The molecule has 0 spiro atoms. The third-order valence-corrected chi connectivity index (χ3v) is 5.72. The first kappa shape index (κ1) is 22.0. The highest BCUT2D eigenvalue weighted by Gasteiger charge is 2.25. The second-order valence-corrected chi connectivity index (χ2v) is 7.77. The van der Waals surface area contributed by atoms with Gasteiger partial charge in [0.25, 0.3) is 0 Å². The van der Waals surface area contributed by atoms with Gasteiger partial charge in [-0.15, -0.1) is 0 Å². The number of rotatable bonds is 6. The molecule has 1 aromatic rings. The molecule has 7 nitrogen and oxygen atoms in total. The molecule has 1 heterocycles. The standard InChI is InChI=1S/C23H33N3O4/c1-3-30-21-17-18(9-11-20(21)29-2)10-12-22(27)25-13-15-26(16-14-25)23(28)24-19-7-5-4-6-8-19/h9-12,17,19H,3-8,13-16H2,1-2H3,(H,24,28)/b12-10+. The third kappa shape index (κ3) is 5.90. The summed E-state index contributed by atoms with van der Waals surface area (Å²) in [6, 6.07) is 5.89. The minimum Gasteiger partial charge on any atom is -0.493 e. The Kier molecular flexibility index (Phi) is 7.99. The number of methoxy groups -OCH3 is 1. The van der Waals surface area contributed by atoms with Gasteiger partial charge in [-0.1, -0.05) is 25.3 Å². The number of urea groups is 1. The van der Waals surface area contributed by atoms with Crippen LogP contribution in [0.25, 0.3) is 6.08 Å². The van der Waals surface area contributed by atoms with Crippen molar-refractivity contribution in [2.24, 2.45) is 0 Å². The quantitative estimate of drug-likeness (QED) is 0.724. The van der Waals surface area contributed by atoms with Crippen molar-refractivity contribution in [2.45, 2.75) is 45.1 Å². The van der Waals surface area contributed by atoms with Crippen LogP contribution in [-0.2, 0) is 4.79 Å². The summed E-state index contributed by atoms with van der Waals surface area (Å²) in [6.07, 6.45) is 9.17. The Hall–Kier alpha value is -2.70. The first-order valence-corrected chi connectivity index (χ1v) is 10.9. The fraction of sp³-hybridized carbons (Fsp3) is 0.565. The van der Waals surface area contributed by atoms with Gasteiger partial charge in [0.05, 0.1) is 13.7 Å². The van der Waals surface area contributed by atoms with Crippen LogP contribution >= 0.6 is 0 Å². The van der Waals surface area contributed by atoms with Gasteiger partial charge in [0.15, 0.2) is 11.5 Å². The number of piperazine rings is 1. The van der Waals surface area contributed by atoms with Gasteiger partial charge in [-0.2, -0.15) is 0 Å². The first-order valence-electron chi connectivity index (χ1n) is 10.9. The summed E-state index contributed by atoms with van der Waals surface area (Å²) in [4.78, 5) is 28.6. The molecule has 0 aromatic heterocycles. The highest BCUT2D eigenvalue weighted by Crippen LogP contribution is 2.28. The lowest BCUT2D eigenvalue weighted by molar-refractivity contribution is -0.127. The van der Waals surface area contributed by atoms with Crippen molar-refractivity contribution in [3.63, 3.8) is 0 Å². The molecule has 3 rings (SSSR count). The first-order chi connectivity index (χ1) is 14.6. The fourth-order valence-corrected chi connectivity index (χ4v) is 3.98. The maximum atomic E-state index is 12.6. The summed E-state index contributed by atoms with van der Waals surface area (Å²) in [5.74, 6) is 1.28. The van der Waals surface area contributed by atoms with E-state index in [2.05, 4.69) is 5.32 Å². The zero-order chi connectivity index (χ0) is 21.3. The largest absolute Gasteiger partial charge is 0.493 e. The molecular weight excluding hydrogens is 382 g/mol. The summed E-state index contributed by atoms with van der Waals surface area (Å²) in [6.45, 7) is 4.69. The van der Waals surface area contributed by atoms with E-state index >= 15 is 0 Å². The van der Waals surface area contributed by atoms with Crippen molar-refractivity contribution < 1.29 is 19.1 Å². The maximum absolute atomic E-state index is 12.6. The second kappa shape index (κ2) is 10.9. The smallest absolute Gasteiger partial charge is 0.317 e. The molecule has 0 radical (unpaired) electrons. The van der Waals surface area contributed by atoms with Crippen LogP contribution in [0.1, 0.15) is 44.6 Å². The molecule has 7 heteroatoms. The van der Waals surface area contributed by atoms with Gasteiger partial charge in [-0.3, -0.25) is 4.79 Å². The van der Waals surface area contributed by atoms with Crippen LogP contribution in [0.5, 0.6) is 11.5 Å². The fourth-order valence-electron chi connectivity index (χ4n) is 3.98. The molecule has 1 aliphatic carbocycles. The highest BCUT2D eigenvalue weighted by molar-refractivity contribution is 5.92. The van der Waals surface area contributed by atoms with Crippen LogP contribution in [0.3, 0.4) is 0 Å². The second-order valence-electron chi connectivity index (χ2n) is 7.77. The number of carbonyl (C=O) groups is 2. The lowest BCUT2D eigenvalue weighted by Gasteiger charge is -2.35. The number of hydrogen-bond donors (Lipinski definition) is 1. The summed E-state index contributed by atoms with van der Waals surface area (Å²) in [7, 11) is 1.60. The molecule has 1 aliphatic heterocycles. The van der Waals surface area contributed by atoms with Crippen molar-refractivity contribution in [1.82, 2.24) is 15.1 Å². The van der Waals surface area contributed by atoms with Gasteiger partial charge < -0.3 is 24.6 Å². The Balaban J connectivity index is 1.49. The Morgan fingerprint density at radius 2 is 1.77 bits per heavy atom. The van der Waals surface area contributed by atoms with E-state index in [1.807, 2.05) is 30.0 Å². The van der Waals surface area contributed by atoms with Crippen LogP contribution in [-0.4, -0.2) is 67.7 Å². The Labute approximate surface area is 179 Å². The molecule has 1 aromatic carbocycles. The number of amides is 3. The number of carbonyl (C=O) groups excluding carboxylic acids is 2. The number of hydrogen-bond acceptors (Lipinski definition) is 4. The number of nitrogens with zero attached hydrogens (tertiary/aromatic N) is 2. The summed E-state index contributed by atoms with van der Waals surface area (Å²) in [5.41, 5.74) is 0.873. The van der Waals surface area contributed by atoms with Crippen LogP contribution < -0.4 is 14.8 Å². The molecule has 3 amide bonds. The number of benzene rings is 1. The van der Waals surface area contributed by atoms with Crippen LogP contribution in [0.4, 0.5) is 4.79 Å². The molecule has 1 saturated heterocycles. The van der Waals surface area contributed by atoms with Crippen molar-refractivity contribution in [1.29, 1.82) is 0 Å². The van der Waals surface area contributed by atoms with Crippen molar-refractivity contribution in [3.8, 4) is 11.5 Å². The Bertz CT molecular complexity index is 751. The van der Waals surface area contributed by atoms with Crippen LogP contribution in [0.2, 0.25) is 0 Å². The van der Waals surface area contributed by atoms with Gasteiger partial charge in [0.1, 0.15) is 0 Å². The van der Waals surface area contributed by atoms with E-state index in [-0.39, 0.29) is 11.9 Å². The minimum atomic E-state index is -0.0453. The summed E-state index contributed by atoms with van der Waals surface area (Å²) >= 11 is 0. The zero-order valence-corrected chi connectivity index (χ0v) is 18.1. The molecule has 2 aliphatic rings. The Morgan fingerprint density at radius 3 is 2.43 bits per heavy atom. The van der Waals surface area contributed by atoms with E-state index in [4.69, 9.17) is 9.47 Å². The normalized spacial score (nSPS) is 17.8. The van der Waals surface area contributed by atoms with E-state index in [1.165, 1.54) is 19.3 Å². The van der Waals surface area contributed by atoms with E-state index in [1.54, 1.807) is 24.2 Å². The third-order valence-electron chi connectivity index (χ3n) is 5.72. The van der Waals surface area contributed by atoms with E-state index in [9.17, 15) is 9.59 Å². The van der Waals surface area contributed by atoms with Crippen molar-refractivity contribution >= 4 is 18.0 Å². The minimum absolute atomic E-state index is 0.00577. The molecule has 1 saturated carbocycles. The molecule has 0 bridgehead atoms. The molecule has 2 fully saturated rings. The van der Waals surface area contributed by atoms with Crippen molar-refractivity contribution in [2.75, 3.05) is 39.9 Å². The molecule has 164 valence electrons. The van der Waals surface area contributed by atoms with Gasteiger partial charge in [-0.05, 0) is 43.5 Å². The van der Waals surface area contributed by atoms with Gasteiger partial charge in [0, 0.05) is 38.3 Å². The maximum Gasteiger partial charge on any atom is 0.317 e. The van der Waals surface area contributed by atoms with Crippen LogP contribution in [0.15, 0.2) is 24.3 Å². The topological polar surface area (TPSA) is 71.1 Å². The Morgan fingerprint density at radius 1 is 1.07 bits per heavy atom. The van der Waals surface area contributed by atoms with E-state index < -0.39 is 0 Å². The molecule has 1 N–H and O–H groups in total. The summed E-state index contributed by atoms with van der Waals surface area (Å²) in [5, 5.41) is 3.15. The van der Waals surface area contributed by atoms with Crippen molar-refractivity contribution in [3.05, 3.63) is 29.8 Å². The van der Waals surface area contributed by atoms with Gasteiger partial charge >= 0.3 is 6.03 Å². The lowest BCUT2D eigenvalue weighted by atomic mass is 9.96. The average molecular weight is 416 g/mol. The molecule has 0 unspecified atom stereocenters. The number of nitrogens with one attached hydrogen (secondary N) is 1. The molecule has 30 heavy (non-hydrogen) atoms. The SMILES string of the molecule is CCOc1cc(/C=C/C(=O)N2CCN(C(=O)NC3CCCCC3)CC2)ccc1OC. The molecule has 0 atom stereocenters. The van der Waals surface area contributed by atoms with Gasteiger partial charge in [-0.25, -0.2) is 4.79 Å². The zero-order valence-electron chi connectivity index (χ0n) is 18.1. The van der Waals surface area contributed by atoms with E-state index in [0.717, 1.165) is 18.4 Å². The lowest BCUT2D eigenvalue weighted by Crippen LogP contribution is -2.54. The average Bonchev–Trinajstić information content (AvgIpc) is 2.78. The monoisotopic (exact) mass is 415 g/mol. The van der Waals surface area contributed by atoms with Gasteiger partial charge in [0.2, 0.25) is 5.91 Å². The van der Waals surface area contributed by atoms with E-state index in [0.29, 0.717) is 50.3 Å². The predicted octanol–water partition coefficient (Wildman–Crippen LogP) is 3.29. The summed E-state index contributed by atoms with van der Waals surface area (Å²) < 4.78 is 10.9. The molecular formula is C23H33N3O4. The predicted molar refractivity (Wildman–Crippen MR) is 117 cm³/mol. The number of ether oxygens (including phenoxy) is 2. The van der Waals surface area contributed by atoms with Crippen LogP contribution in [0, 0.1) is 0 Å². The highest BCUT2D eigenvalue weighted by atomic mass is 16.5.